The van der Waals surface area contributed by atoms with E-state index in [1.165, 1.54) is 0 Å². The summed E-state index contributed by atoms with van der Waals surface area (Å²) in [6.07, 6.45) is 0. The Morgan fingerprint density at radius 3 is 2.00 bits per heavy atom. The maximum absolute atomic E-state index is 9.39. The van der Waals surface area contributed by atoms with E-state index in [1.54, 1.807) is 0 Å². The van der Waals surface area contributed by atoms with Gasteiger partial charge < -0.3 is 9.79 Å². The molecular formula is H3O5PS. The fourth-order valence-corrected chi connectivity index (χ4v) is 0.513. The molecule has 0 saturated heterocycles. The maximum atomic E-state index is 9.39. The van der Waals surface area contributed by atoms with Crippen molar-refractivity contribution in [1.82, 2.24) is 0 Å². The first-order valence-electron chi connectivity index (χ1n) is 1.10. The van der Waals surface area contributed by atoms with Crippen LogP contribution in [0, 0.1) is 0 Å². The van der Waals surface area contributed by atoms with Crippen molar-refractivity contribution in [3.63, 3.8) is 0 Å². The molecule has 0 amide bonds. The van der Waals surface area contributed by atoms with Crippen molar-refractivity contribution in [3.05, 3.63) is 0 Å². The summed E-state index contributed by atoms with van der Waals surface area (Å²) in [6, 6.07) is 0. The third-order valence-corrected chi connectivity index (χ3v) is 1.17. The van der Waals surface area contributed by atoms with Gasteiger partial charge in [-0.1, -0.05) is 0 Å². The van der Waals surface area contributed by atoms with Gasteiger partial charge in [0.1, 0.15) is 0 Å². The fraction of sp³-hybridized carbons (Fsp3) is 0. The summed E-state index contributed by atoms with van der Waals surface area (Å²) < 4.78 is 20.5. The van der Waals surface area contributed by atoms with Gasteiger partial charge in [-0.3, -0.25) is 4.55 Å². The highest BCUT2D eigenvalue weighted by molar-refractivity contribution is 7.78. The van der Waals surface area contributed by atoms with Gasteiger partial charge >= 0.3 is 20.0 Å². The molecule has 5 nitrogen and oxygen atoms in total. The second kappa shape index (κ2) is 3.43. The van der Waals surface area contributed by atoms with Gasteiger partial charge in [-0.15, -0.1) is 0 Å². The first-order chi connectivity index (χ1) is 3.13. The number of hydrogen-bond donors (Lipinski definition) is 3. The summed E-state index contributed by atoms with van der Waals surface area (Å²) in [4.78, 5) is 15.5. The van der Waals surface area contributed by atoms with Gasteiger partial charge in [-0.2, -0.15) is 8.18 Å². The van der Waals surface area contributed by atoms with E-state index >= 15 is 0 Å². The number of hydrogen-bond acceptors (Lipinski definition) is 4. The van der Waals surface area contributed by atoms with Crippen molar-refractivity contribution in [2.45, 2.75) is 0 Å². The average Bonchev–Trinajstić information content (AvgIpc) is 1.27. The van der Waals surface area contributed by atoms with E-state index in [4.69, 9.17) is 14.3 Å². The van der Waals surface area contributed by atoms with Gasteiger partial charge in [0, 0.05) is 0 Å². The monoisotopic (exact) mass is 146 g/mol. The Balaban J connectivity index is 3.13. The molecule has 0 heterocycles. The Bertz CT molecular complexity index is 68.5. The molecule has 1 atom stereocenters. The molecule has 3 N–H and O–H groups in total. The molecule has 0 radical (unpaired) electrons. The minimum absolute atomic E-state index is 2.57. The molecule has 0 aromatic heterocycles. The second-order valence-corrected chi connectivity index (χ2v) is 2.08. The van der Waals surface area contributed by atoms with Crippen LogP contribution in [0.25, 0.3) is 0 Å². The quantitative estimate of drug-likeness (QED) is 0.356. The third-order valence-electron chi connectivity index (χ3n) is 0.130. The van der Waals surface area contributed by atoms with Crippen LogP contribution >= 0.6 is 8.60 Å². The predicted molar refractivity (Wildman–Crippen MR) is 23.2 cm³/mol. The summed E-state index contributed by atoms with van der Waals surface area (Å²) in [7, 11) is -2.69. The molecule has 0 rings (SSSR count). The molecule has 0 bridgehead atoms. The van der Waals surface area contributed by atoms with Crippen molar-refractivity contribution < 1.29 is 22.5 Å². The highest BCUT2D eigenvalue weighted by Gasteiger charge is 2.01. The lowest BCUT2D eigenvalue weighted by Gasteiger charge is -1.92. The van der Waals surface area contributed by atoms with Gasteiger partial charge in [0.05, 0.1) is 0 Å². The predicted octanol–water partition coefficient (Wildman–Crippen LogP) is -0.649. The van der Waals surface area contributed by atoms with E-state index in [0.717, 1.165) is 0 Å². The zero-order chi connectivity index (χ0) is 5.86. The van der Waals surface area contributed by atoms with E-state index in [2.05, 4.69) is 3.97 Å². The molecule has 0 aromatic carbocycles. The van der Waals surface area contributed by atoms with Crippen LogP contribution in [0.1, 0.15) is 0 Å². The minimum Gasteiger partial charge on any atom is -0.327 e. The van der Waals surface area contributed by atoms with Crippen LogP contribution in [0.2, 0.25) is 0 Å². The third kappa shape index (κ3) is 6.42. The van der Waals surface area contributed by atoms with Crippen LogP contribution in [0.15, 0.2) is 0 Å². The van der Waals surface area contributed by atoms with Crippen molar-refractivity contribution in [2.24, 2.45) is 0 Å². The highest BCUT2D eigenvalue weighted by atomic mass is 32.2. The summed E-state index contributed by atoms with van der Waals surface area (Å²) >= 11 is -2.57. The first-order valence-corrected chi connectivity index (χ1v) is 3.30. The molecule has 7 heteroatoms. The molecule has 0 aliphatic heterocycles. The normalized spacial score (nSPS) is 14.9. The highest BCUT2D eigenvalue weighted by Crippen LogP contribution is 2.24. The Labute approximate surface area is 43.4 Å². The van der Waals surface area contributed by atoms with Crippen LogP contribution in [-0.2, 0) is 15.3 Å². The van der Waals surface area contributed by atoms with Gasteiger partial charge in [0.15, 0.2) is 0 Å². The minimum atomic E-state index is -2.69. The van der Waals surface area contributed by atoms with Crippen molar-refractivity contribution >= 4 is 20.0 Å². The molecule has 0 fully saturated rings. The van der Waals surface area contributed by atoms with Crippen LogP contribution < -0.4 is 0 Å². The van der Waals surface area contributed by atoms with Gasteiger partial charge in [-0.25, -0.2) is 0 Å². The van der Waals surface area contributed by atoms with Crippen LogP contribution in [0.4, 0.5) is 0 Å². The van der Waals surface area contributed by atoms with Gasteiger partial charge in [-0.05, 0) is 0 Å². The Morgan fingerprint density at radius 2 is 2.00 bits per heavy atom. The molecule has 44 valence electrons. The van der Waals surface area contributed by atoms with Gasteiger partial charge in [0.2, 0.25) is 0 Å². The van der Waals surface area contributed by atoms with Crippen molar-refractivity contribution in [2.75, 3.05) is 0 Å². The number of rotatable bonds is 2. The Hall–Kier alpha value is 0.420. The van der Waals surface area contributed by atoms with Crippen LogP contribution in [0.3, 0.4) is 0 Å². The second-order valence-electron chi connectivity index (χ2n) is 0.544. The average molecular weight is 146 g/mol. The van der Waals surface area contributed by atoms with Crippen molar-refractivity contribution in [3.8, 4) is 0 Å². The summed E-state index contributed by atoms with van der Waals surface area (Å²) in [5.74, 6) is 0. The zero-order valence-electron chi connectivity index (χ0n) is 3.01. The maximum Gasteiger partial charge on any atom is 0.342 e. The van der Waals surface area contributed by atoms with E-state index < -0.39 is 20.0 Å². The Morgan fingerprint density at radius 1 is 1.57 bits per heavy atom. The SMILES string of the molecule is O=S(O)OP(O)O. The smallest absolute Gasteiger partial charge is 0.327 e. The van der Waals surface area contributed by atoms with Gasteiger partial charge in [0.25, 0.3) is 0 Å². The first kappa shape index (κ1) is 7.42. The molecule has 1 unspecified atom stereocenters. The molecule has 0 aliphatic rings. The van der Waals surface area contributed by atoms with Crippen LogP contribution in [0.5, 0.6) is 0 Å². The summed E-state index contributed by atoms with van der Waals surface area (Å²) in [5.41, 5.74) is 0. The molecular weight excluding hydrogens is 143 g/mol. The van der Waals surface area contributed by atoms with E-state index in [1.807, 2.05) is 0 Å². The molecule has 0 saturated carbocycles. The fourth-order valence-electron chi connectivity index (χ4n) is 0.0570. The van der Waals surface area contributed by atoms with E-state index in [-0.39, 0.29) is 0 Å². The lowest BCUT2D eigenvalue weighted by atomic mass is 15.8. The summed E-state index contributed by atoms with van der Waals surface area (Å²) in [6.45, 7) is 0. The van der Waals surface area contributed by atoms with Crippen molar-refractivity contribution in [1.29, 1.82) is 0 Å². The van der Waals surface area contributed by atoms with E-state index in [9.17, 15) is 4.21 Å². The van der Waals surface area contributed by atoms with E-state index in [0.29, 0.717) is 0 Å². The zero-order valence-corrected chi connectivity index (χ0v) is 4.72. The standard InChI is InChI=1S/H3O5PS/c1-6(2)5-7(3)4/h1-2H,(H,3,4). The lowest BCUT2D eigenvalue weighted by Crippen LogP contribution is -1.86. The molecule has 0 aliphatic carbocycles. The molecule has 0 spiro atoms. The Kier molecular flexibility index (Phi) is 3.63. The lowest BCUT2D eigenvalue weighted by molar-refractivity contribution is 0.365. The largest absolute Gasteiger partial charge is 0.342 e. The topological polar surface area (TPSA) is 87.0 Å². The van der Waals surface area contributed by atoms with Crippen LogP contribution in [-0.4, -0.2) is 18.5 Å². The molecule has 7 heavy (non-hydrogen) atoms. The summed E-state index contributed by atoms with van der Waals surface area (Å²) in [5, 5.41) is 0. The molecule has 0 aromatic rings.